The standard InChI is InChI=1S/C30H39N5O5Si/c1-20-29(39-2)24-18-23(35-28(37)13-11-25(32-35)21-8-6-5-7-9-21)10-12-26(24)40-30(20)27(41(3,4)38)14-16-34-19-22(15-17-36)31-33-34/h5-10,12,18-20,27,29-30,36,38H,11,13-17H2,1-4H3/t20-,27?,29-,30-/m1/s1. The fourth-order valence-corrected chi connectivity index (χ4v) is 7.97. The van der Waals surface area contributed by atoms with E-state index < -0.39 is 8.32 Å². The van der Waals surface area contributed by atoms with E-state index in [1.807, 2.05) is 67.8 Å². The molecule has 11 heteroatoms. The summed E-state index contributed by atoms with van der Waals surface area (Å²) in [4.78, 5) is 24.3. The summed E-state index contributed by atoms with van der Waals surface area (Å²) in [7, 11) is -0.994. The Labute approximate surface area is 241 Å². The lowest BCUT2D eigenvalue weighted by atomic mass is 9.86. The second-order valence-corrected chi connectivity index (χ2v) is 15.5. The SMILES string of the molecule is CO[C@H]1c2cc(N3N=C(c4ccccc4)CCC3=O)ccc2O[C@@H](C(CCn2cc(CCO)nn2)[Si](C)(C)O)[C@@H]1C. The van der Waals surface area contributed by atoms with Gasteiger partial charge in [-0.15, -0.1) is 5.10 Å². The zero-order valence-corrected chi connectivity index (χ0v) is 25.1. The lowest BCUT2D eigenvalue weighted by Gasteiger charge is -2.44. The van der Waals surface area contributed by atoms with Gasteiger partial charge in [-0.05, 0) is 43.3 Å². The number of anilines is 1. The van der Waals surface area contributed by atoms with Crippen molar-refractivity contribution in [2.24, 2.45) is 11.0 Å². The molecule has 0 bridgehead atoms. The van der Waals surface area contributed by atoms with Crippen molar-refractivity contribution in [3.63, 3.8) is 0 Å². The summed E-state index contributed by atoms with van der Waals surface area (Å²) >= 11 is 0. The summed E-state index contributed by atoms with van der Waals surface area (Å²) in [5.74, 6) is 0.576. The van der Waals surface area contributed by atoms with Crippen molar-refractivity contribution in [3.05, 3.63) is 71.5 Å². The minimum Gasteiger partial charge on any atom is -0.490 e. The third-order valence-corrected chi connectivity index (χ3v) is 10.6. The van der Waals surface area contributed by atoms with Crippen LogP contribution in [0.4, 0.5) is 5.69 Å². The molecule has 0 saturated heterocycles. The molecule has 2 aliphatic heterocycles. The first-order valence-electron chi connectivity index (χ1n) is 14.2. The molecular weight excluding hydrogens is 538 g/mol. The highest BCUT2D eigenvalue weighted by Gasteiger charge is 2.46. The Morgan fingerprint density at radius 2 is 1.95 bits per heavy atom. The Bertz CT molecular complexity index is 1390. The van der Waals surface area contributed by atoms with Crippen LogP contribution in [0.1, 0.15) is 49.1 Å². The molecule has 0 fully saturated rings. The van der Waals surface area contributed by atoms with E-state index in [9.17, 15) is 14.7 Å². The van der Waals surface area contributed by atoms with Crippen LogP contribution in [-0.2, 0) is 22.5 Å². The number of aliphatic hydroxyl groups is 1. The third kappa shape index (κ3) is 6.28. The van der Waals surface area contributed by atoms with E-state index in [0.29, 0.717) is 43.7 Å². The Morgan fingerprint density at radius 3 is 2.66 bits per heavy atom. The summed E-state index contributed by atoms with van der Waals surface area (Å²) in [6, 6.07) is 15.6. The van der Waals surface area contributed by atoms with Crippen molar-refractivity contribution >= 4 is 25.6 Å². The number of ether oxygens (including phenoxy) is 2. The van der Waals surface area contributed by atoms with Crippen molar-refractivity contribution in [3.8, 4) is 5.75 Å². The number of fused-ring (bicyclic) bond motifs is 1. The van der Waals surface area contributed by atoms with Crippen LogP contribution >= 0.6 is 0 Å². The van der Waals surface area contributed by atoms with Gasteiger partial charge in [0, 0.05) is 62.7 Å². The number of carbonyl (C=O) groups excluding carboxylic acids is 1. The van der Waals surface area contributed by atoms with Crippen LogP contribution in [-0.4, -0.2) is 64.7 Å². The van der Waals surface area contributed by atoms with Gasteiger partial charge in [-0.1, -0.05) is 42.5 Å². The highest BCUT2D eigenvalue weighted by molar-refractivity contribution is 6.71. The largest absolute Gasteiger partial charge is 0.490 e. The minimum atomic E-state index is -2.68. The van der Waals surface area contributed by atoms with Gasteiger partial charge in [0.25, 0.3) is 0 Å². The van der Waals surface area contributed by atoms with Gasteiger partial charge >= 0.3 is 0 Å². The molecule has 10 nitrogen and oxygen atoms in total. The molecule has 0 radical (unpaired) electrons. The van der Waals surface area contributed by atoms with Gasteiger partial charge in [0.05, 0.1) is 23.2 Å². The average Bonchev–Trinajstić information content (AvgIpc) is 3.41. The molecular formula is C30H39N5O5Si. The zero-order valence-electron chi connectivity index (χ0n) is 24.1. The molecule has 2 aliphatic rings. The lowest BCUT2D eigenvalue weighted by Crippen LogP contribution is -2.48. The Kier molecular flexibility index (Phi) is 8.69. The maximum absolute atomic E-state index is 12.9. The molecule has 0 aliphatic carbocycles. The number of methoxy groups -OCH3 is 1. The second kappa shape index (κ2) is 12.2. The fraction of sp³-hybridized carbons (Fsp3) is 0.467. The monoisotopic (exact) mass is 577 g/mol. The van der Waals surface area contributed by atoms with Gasteiger partial charge in [-0.25, -0.2) is 5.01 Å². The topological polar surface area (TPSA) is 122 Å². The molecule has 3 aromatic rings. The van der Waals surface area contributed by atoms with Gasteiger partial charge in [0.1, 0.15) is 11.9 Å². The molecule has 2 N–H and O–H groups in total. The number of rotatable bonds is 10. The summed E-state index contributed by atoms with van der Waals surface area (Å²) in [5.41, 5.74) is 4.07. The van der Waals surface area contributed by atoms with E-state index in [1.54, 1.807) is 11.8 Å². The number of aryl methyl sites for hydroxylation is 1. The predicted molar refractivity (Wildman–Crippen MR) is 158 cm³/mol. The molecule has 2 aromatic carbocycles. The molecule has 218 valence electrons. The smallest absolute Gasteiger partial charge is 0.247 e. The highest BCUT2D eigenvalue weighted by Crippen LogP contribution is 2.47. The molecule has 5 rings (SSSR count). The zero-order chi connectivity index (χ0) is 29.1. The number of hydrogen-bond acceptors (Lipinski definition) is 8. The normalized spacial score (nSPS) is 21.7. The fourth-order valence-electron chi connectivity index (χ4n) is 5.96. The average molecular weight is 578 g/mol. The lowest BCUT2D eigenvalue weighted by molar-refractivity contribution is -0.118. The number of benzene rings is 2. The van der Waals surface area contributed by atoms with Gasteiger partial charge in [0.15, 0.2) is 8.32 Å². The maximum atomic E-state index is 12.9. The van der Waals surface area contributed by atoms with E-state index in [2.05, 4.69) is 17.2 Å². The number of hydrazone groups is 1. The van der Waals surface area contributed by atoms with Crippen LogP contribution in [0.3, 0.4) is 0 Å². The molecule has 0 saturated carbocycles. The molecule has 41 heavy (non-hydrogen) atoms. The van der Waals surface area contributed by atoms with Crippen molar-refractivity contribution < 1.29 is 24.2 Å². The van der Waals surface area contributed by atoms with Crippen molar-refractivity contribution in [1.29, 1.82) is 0 Å². The molecule has 1 aromatic heterocycles. The van der Waals surface area contributed by atoms with E-state index in [1.165, 1.54) is 5.01 Å². The first kappa shape index (κ1) is 29.1. The Balaban J connectivity index is 1.41. The van der Waals surface area contributed by atoms with E-state index in [4.69, 9.17) is 14.6 Å². The van der Waals surface area contributed by atoms with Crippen LogP contribution in [0.25, 0.3) is 0 Å². The number of hydrogen-bond donors (Lipinski definition) is 2. The molecule has 1 amide bonds. The van der Waals surface area contributed by atoms with Gasteiger partial charge in [0.2, 0.25) is 5.91 Å². The quantitative estimate of drug-likeness (QED) is 0.348. The molecule has 4 atom stereocenters. The predicted octanol–water partition coefficient (Wildman–Crippen LogP) is 4.09. The van der Waals surface area contributed by atoms with E-state index >= 15 is 0 Å². The number of aromatic nitrogens is 3. The molecule has 0 spiro atoms. The maximum Gasteiger partial charge on any atom is 0.247 e. The summed E-state index contributed by atoms with van der Waals surface area (Å²) in [5, 5.41) is 23.7. The number of carbonyl (C=O) groups is 1. The number of amides is 1. The van der Waals surface area contributed by atoms with Crippen LogP contribution in [0, 0.1) is 5.92 Å². The Hall–Kier alpha value is -3.38. The van der Waals surface area contributed by atoms with Gasteiger partial charge in [-0.3, -0.25) is 9.48 Å². The molecule has 3 heterocycles. The summed E-state index contributed by atoms with van der Waals surface area (Å²) < 4.78 is 14.4. The first-order chi connectivity index (χ1) is 19.7. The van der Waals surface area contributed by atoms with Crippen molar-refractivity contribution in [2.75, 3.05) is 18.7 Å². The Morgan fingerprint density at radius 1 is 1.17 bits per heavy atom. The van der Waals surface area contributed by atoms with E-state index in [-0.39, 0.29) is 36.2 Å². The van der Waals surface area contributed by atoms with Crippen molar-refractivity contribution in [1.82, 2.24) is 15.0 Å². The van der Waals surface area contributed by atoms with Crippen LogP contribution in [0.5, 0.6) is 5.75 Å². The van der Waals surface area contributed by atoms with E-state index in [0.717, 1.165) is 22.5 Å². The third-order valence-electron chi connectivity index (χ3n) is 8.12. The highest BCUT2D eigenvalue weighted by atomic mass is 28.4. The summed E-state index contributed by atoms with van der Waals surface area (Å²) in [6.45, 7) is 6.58. The van der Waals surface area contributed by atoms with Crippen LogP contribution < -0.4 is 9.75 Å². The molecule has 1 unspecified atom stereocenters. The van der Waals surface area contributed by atoms with Crippen LogP contribution in [0.15, 0.2) is 59.8 Å². The first-order valence-corrected chi connectivity index (χ1v) is 17.2. The number of nitrogens with zero attached hydrogens (tertiary/aromatic N) is 5. The second-order valence-electron chi connectivity index (χ2n) is 11.4. The number of aliphatic hydroxyl groups excluding tert-OH is 1. The van der Waals surface area contributed by atoms with Crippen molar-refractivity contribution in [2.45, 2.75) is 70.0 Å². The summed E-state index contributed by atoms with van der Waals surface area (Å²) in [6.07, 6.45) is 3.39. The van der Waals surface area contributed by atoms with Gasteiger partial charge in [-0.2, -0.15) is 5.10 Å². The minimum absolute atomic E-state index is 0.0251. The van der Waals surface area contributed by atoms with Crippen LogP contribution in [0.2, 0.25) is 18.6 Å². The van der Waals surface area contributed by atoms with Gasteiger partial charge < -0.3 is 19.4 Å².